The largest absolute Gasteiger partial charge is 0.508 e. The van der Waals surface area contributed by atoms with Crippen LogP contribution in [0.25, 0.3) is 0 Å². The van der Waals surface area contributed by atoms with Crippen molar-refractivity contribution in [1.29, 1.82) is 5.41 Å². The topological polar surface area (TPSA) is 141 Å². The van der Waals surface area contributed by atoms with Crippen LogP contribution in [-0.2, 0) is 6.18 Å². The number of phenols is 1. The van der Waals surface area contributed by atoms with Gasteiger partial charge in [-0.05, 0) is 67.3 Å². The van der Waals surface area contributed by atoms with Gasteiger partial charge < -0.3 is 21.9 Å². The number of aliphatic imine (C=N–C) groups is 1. The molecule has 0 spiro atoms. The quantitative estimate of drug-likeness (QED) is 0.153. The number of amides is 2. The second kappa shape index (κ2) is 13.0. The Hall–Kier alpha value is -4.49. The van der Waals surface area contributed by atoms with Crippen molar-refractivity contribution in [2.45, 2.75) is 38.0 Å². The molecule has 1 aliphatic carbocycles. The van der Waals surface area contributed by atoms with Crippen LogP contribution in [0.4, 0.5) is 36.8 Å². The first-order valence-electron chi connectivity index (χ1n) is 12.7. The molecule has 14 heteroatoms. The number of alkyl halides is 6. The second-order valence-corrected chi connectivity index (χ2v) is 9.70. The first-order valence-corrected chi connectivity index (χ1v) is 12.7. The van der Waals surface area contributed by atoms with Crippen LogP contribution in [0.5, 0.6) is 5.75 Å². The number of carbonyl (C=O) groups is 1. The zero-order valence-electron chi connectivity index (χ0n) is 22.3. The van der Waals surface area contributed by atoms with E-state index in [2.05, 4.69) is 16.9 Å². The predicted molar refractivity (Wildman–Crippen MR) is 146 cm³/mol. The minimum Gasteiger partial charge on any atom is -0.508 e. The molecule has 0 aromatic heterocycles. The molecule has 0 heterocycles. The highest BCUT2D eigenvalue weighted by Crippen LogP contribution is 2.34. The van der Waals surface area contributed by atoms with E-state index in [-0.39, 0.29) is 41.6 Å². The number of hydrogen-bond acceptors (Lipinski definition) is 6. The van der Waals surface area contributed by atoms with E-state index in [0.717, 1.165) is 12.1 Å². The first-order chi connectivity index (χ1) is 19.5. The molecule has 226 valence electrons. The third kappa shape index (κ3) is 8.75. The average molecular weight is 597 g/mol. The Balaban J connectivity index is 1.87. The van der Waals surface area contributed by atoms with Crippen LogP contribution in [0.15, 0.2) is 77.1 Å². The van der Waals surface area contributed by atoms with Crippen LogP contribution < -0.4 is 16.8 Å². The molecule has 7 N–H and O–H groups in total. The van der Waals surface area contributed by atoms with Gasteiger partial charge in [0.15, 0.2) is 0 Å². The smallest absolute Gasteiger partial charge is 0.416 e. The number of benzene rings is 2. The number of allylic oxidation sites excluding steroid dienone is 2. The SMILES string of the molecule is C=C(N)C1CC/C(=C(/N)CNC(=O)N(CCC(F)(F)F)C(=N)c2ccc(O)cc2)C(=Nc2cccc(C(F)(F)F)c2)C1. The van der Waals surface area contributed by atoms with Gasteiger partial charge in [-0.2, -0.15) is 26.3 Å². The summed E-state index contributed by atoms with van der Waals surface area (Å²) in [6.07, 6.45) is -9.53. The molecule has 1 atom stereocenters. The Kier molecular flexibility index (Phi) is 9.91. The molecule has 42 heavy (non-hydrogen) atoms. The third-order valence-electron chi connectivity index (χ3n) is 6.59. The number of aromatic hydroxyl groups is 1. The van der Waals surface area contributed by atoms with E-state index < -0.39 is 42.7 Å². The maximum Gasteiger partial charge on any atom is 0.416 e. The Morgan fingerprint density at radius 2 is 1.79 bits per heavy atom. The van der Waals surface area contributed by atoms with Crippen molar-refractivity contribution in [2.24, 2.45) is 22.4 Å². The molecule has 0 saturated heterocycles. The molecule has 2 aromatic carbocycles. The van der Waals surface area contributed by atoms with Crippen LogP contribution in [-0.4, -0.2) is 46.9 Å². The molecule has 0 radical (unpaired) electrons. The minimum atomic E-state index is -4.60. The number of urea groups is 1. The Labute approximate surface area is 237 Å². The summed E-state index contributed by atoms with van der Waals surface area (Å²) in [5, 5.41) is 20.2. The van der Waals surface area contributed by atoms with Gasteiger partial charge >= 0.3 is 18.4 Å². The monoisotopic (exact) mass is 596 g/mol. The standard InChI is InChI=1S/C28H30F6N6O2/c1-16(35)18-7-10-22(24(13-18)39-20-4-2-3-19(14-20)28(32,33)34)23(36)15-38-26(42)40(12-11-27(29,30)31)25(37)17-5-8-21(41)9-6-17/h2-6,8-9,14,18,37,41H,1,7,10-13,15,35-36H2,(H,38,42)/b23-22-,37-25?,39-24?. The van der Waals surface area contributed by atoms with Crippen LogP contribution in [0, 0.1) is 11.3 Å². The van der Waals surface area contributed by atoms with Gasteiger partial charge in [-0.25, -0.2) is 4.79 Å². The van der Waals surface area contributed by atoms with Gasteiger partial charge in [-0.3, -0.25) is 15.3 Å². The van der Waals surface area contributed by atoms with Crippen molar-refractivity contribution in [3.63, 3.8) is 0 Å². The Bertz CT molecular complexity index is 1380. The van der Waals surface area contributed by atoms with Gasteiger partial charge in [0, 0.05) is 35.1 Å². The molecule has 3 rings (SSSR count). The maximum atomic E-state index is 13.2. The third-order valence-corrected chi connectivity index (χ3v) is 6.59. The van der Waals surface area contributed by atoms with E-state index in [1.807, 2.05) is 0 Å². The minimum absolute atomic E-state index is 0.0260. The summed E-state index contributed by atoms with van der Waals surface area (Å²) >= 11 is 0. The fraction of sp³-hybridized carbons (Fsp3) is 0.321. The van der Waals surface area contributed by atoms with E-state index in [1.54, 1.807) is 0 Å². The Morgan fingerprint density at radius 3 is 2.38 bits per heavy atom. The summed E-state index contributed by atoms with van der Waals surface area (Å²) in [6.45, 7) is 2.56. The van der Waals surface area contributed by atoms with Gasteiger partial charge in [0.05, 0.1) is 24.2 Å². The van der Waals surface area contributed by atoms with Gasteiger partial charge in [-0.1, -0.05) is 12.6 Å². The van der Waals surface area contributed by atoms with E-state index in [1.165, 1.54) is 36.4 Å². The summed E-state index contributed by atoms with van der Waals surface area (Å²) in [4.78, 5) is 18.0. The molecule has 1 fully saturated rings. The summed E-state index contributed by atoms with van der Waals surface area (Å²) in [7, 11) is 0. The summed E-state index contributed by atoms with van der Waals surface area (Å²) in [5.74, 6) is -0.881. The zero-order valence-corrected chi connectivity index (χ0v) is 22.3. The molecule has 1 unspecified atom stereocenters. The second-order valence-electron chi connectivity index (χ2n) is 9.70. The number of nitrogens with one attached hydrogen (secondary N) is 2. The van der Waals surface area contributed by atoms with Crippen LogP contribution in [0.2, 0.25) is 0 Å². The summed E-state index contributed by atoms with van der Waals surface area (Å²) in [5.41, 5.74) is 12.7. The molecule has 2 aromatic rings. The lowest BCUT2D eigenvalue weighted by atomic mass is 9.82. The molecule has 0 bridgehead atoms. The van der Waals surface area contributed by atoms with E-state index in [0.29, 0.717) is 34.7 Å². The molecule has 1 aliphatic rings. The zero-order chi connectivity index (χ0) is 31.2. The molecule has 0 aliphatic heterocycles. The molecular weight excluding hydrogens is 566 g/mol. The fourth-order valence-corrected chi connectivity index (χ4v) is 4.31. The Morgan fingerprint density at radius 1 is 1.12 bits per heavy atom. The number of nitrogens with zero attached hydrogens (tertiary/aromatic N) is 2. The lowest BCUT2D eigenvalue weighted by Gasteiger charge is -2.28. The summed E-state index contributed by atoms with van der Waals surface area (Å²) in [6, 6.07) is 8.40. The lowest BCUT2D eigenvalue weighted by molar-refractivity contribution is -0.137. The van der Waals surface area contributed by atoms with Crippen LogP contribution in [0.1, 0.15) is 36.8 Å². The fourth-order valence-electron chi connectivity index (χ4n) is 4.31. The first kappa shape index (κ1) is 32.0. The predicted octanol–water partition coefficient (Wildman–Crippen LogP) is 5.96. The van der Waals surface area contributed by atoms with Crippen molar-refractivity contribution in [3.05, 3.63) is 83.2 Å². The highest BCUT2D eigenvalue weighted by Gasteiger charge is 2.32. The molecule has 8 nitrogen and oxygen atoms in total. The highest BCUT2D eigenvalue weighted by atomic mass is 19.4. The molecule has 1 saturated carbocycles. The average Bonchev–Trinajstić information content (AvgIpc) is 2.91. The number of amidine groups is 1. The van der Waals surface area contributed by atoms with Crippen molar-refractivity contribution in [1.82, 2.24) is 10.2 Å². The summed E-state index contributed by atoms with van der Waals surface area (Å²) < 4.78 is 78.6. The number of hydrogen-bond donors (Lipinski definition) is 5. The van der Waals surface area contributed by atoms with Crippen molar-refractivity contribution < 1.29 is 36.2 Å². The van der Waals surface area contributed by atoms with Crippen molar-refractivity contribution in [2.75, 3.05) is 13.1 Å². The molecule has 2 amide bonds. The van der Waals surface area contributed by atoms with E-state index in [4.69, 9.17) is 16.9 Å². The molecular formula is C28H30F6N6O2. The van der Waals surface area contributed by atoms with Crippen LogP contribution in [0.3, 0.4) is 0 Å². The van der Waals surface area contributed by atoms with E-state index in [9.17, 15) is 36.2 Å². The number of carbonyl (C=O) groups excluding carboxylic acids is 1. The van der Waals surface area contributed by atoms with Gasteiger partial charge in [0.2, 0.25) is 0 Å². The van der Waals surface area contributed by atoms with Gasteiger partial charge in [0.1, 0.15) is 11.6 Å². The highest BCUT2D eigenvalue weighted by molar-refractivity contribution is 6.06. The number of phenolic OH excluding ortho intramolecular Hbond substituents is 1. The van der Waals surface area contributed by atoms with E-state index >= 15 is 0 Å². The van der Waals surface area contributed by atoms with Gasteiger partial charge in [0.25, 0.3) is 0 Å². The normalized spacial score (nSPS) is 18.0. The maximum absolute atomic E-state index is 13.2. The lowest BCUT2D eigenvalue weighted by Crippen LogP contribution is -2.46. The van der Waals surface area contributed by atoms with Gasteiger partial charge in [-0.15, -0.1) is 0 Å². The number of nitrogens with two attached hydrogens (primary N) is 2. The van der Waals surface area contributed by atoms with Crippen molar-refractivity contribution >= 4 is 23.3 Å². The number of halogens is 6. The van der Waals surface area contributed by atoms with Crippen molar-refractivity contribution in [3.8, 4) is 5.75 Å². The number of rotatable bonds is 7. The van der Waals surface area contributed by atoms with Crippen LogP contribution >= 0.6 is 0 Å².